The maximum atomic E-state index is 4.96. The molecule has 0 aromatic carbocycles. The molecule has 0 aliphatic rings. The molecular formula is C7H18IOP. The molecule has 10 heavy (non-hydrogen) atoms. The van der Waals surface area contributed by atoms with Gasteiger partial charge < -0.3 is 28.7 Å². The summed E-state index contributed by atoms with van der Waals surface area (Å²) in [6.45, 7) is 8.02. The zero-order valence-electron chi connectivity index (χ0n) is 7.35. The number of methoxy groups -OCH3 is 1. The second-order valence-electron chi connectivity index (χ2n) is 3.36. The molecule has 1 nitrogen and oxygen atoms in total. The summed E-state index contributed by atoms with van der Waals surface area (Å²) < 4.78 is 4.96. The number of rotatable bonds is 4. The maximum absolute atomic E-state index is 4.96. The van der Waals surface area contributed by atoms with Crippen LogP contribution in [-0.4, -0.2) is 39.9 Å². The fourth-order valence-corrected chi connectivity index (χ4v) is 1.76. The number of halogens is 1. The Morgan fingerprint density at radius 3 is 2.00 bits per heavy atom. The van der Waals surface area contributed by atoms with Crippen LogP contribution in [0.15, 0.2) is 0 Å². The maximum Gasteiger partial charge on any atom is 0.0608 e. The molecule has 0 spiro atoms. The lowest BCUT2D eigenvalue weighted by Crippen LogP contribution is -3.00. The summed E-state index contributed by atoms with van der Waals surface area (Å²) in [6.07, 6.45) is 2.59. The third-order valence-corrected chi connectivity index (χ3v) is 2.84. The lowest BCUT2D eigenvalue weighted by molar-refractivity contribution is -0.00000262. The van der Waals surface area contributed by atoms with Gasteiger partial charge in [-0.3, -0.25) is 0 Å². The lowest BCUT2D eigenvalue weighted by atomic mass is 10.5. The van der Waals surface area contributed by atoms with Crippen LogP contribution in [0.5, 0.6) is 0 Å². The van der Waals surface area contributed by atoms with Crippen molar-refractivity contribution in [2.24, 2.45) is 0 Å². The SMILES string of the molecule is COCCC[P+](C)(C)C.[I-]. The van der Waals surface area contributed by atoms with Gasteiger partial charge in [-0.1, -0.05) is 0 Å². The van der Waals surface area contributed by atoms with E-state index in [1.165, 1.54) is 12.6 Å². The van der Waals surface area contributed by atoms with Crippen molar-refractivity contribution in [3.8, 4) is 0 Å². The Morgan fingerprint density at radius 2 is 1.70 bits per heavy atom. The third kappa shape index (κ3) is 11.9. The van der Waals surface area contributed by atoms with Crippen molar-refractivity contribution in [1.29, 1.82) is 0 Å². The average Bonchev–Trinajstić information content (AvgIpc) is 1.63. The van der Waals surface area contributed by atoms with Gasteiger partial charge >= 0.3 is 0 Å². The zero-order valence-corrected chi connectivity index (χ0v) is 10.4. The molecule has 0 aromatic heterocycles. The van der Waals surface area contributed by atoms with E-state index in [0.717, 1.165) is 6.61 Å². The minimum Gasteiger partial charge on any atom is -1.00 e. The molecule has 0 N–H and O–H groups in total. The van der Waals surface area contributed by atoms with Crippen molar-refractivity contribution in [1.82, 2.24) is 0 Å². The van der Waals surface area contributed by atoms with E-state index in [1.54, 1.807) is 7.11 Å². The summed E-state index contributed by atoms with van der Waals surface area (Å²) >= 11 is 0. The smallest absolute Gasteiger partial charge is 0.0608 e. The molecule has 0 saturated heterocycles. The molecule has 0 aromatic rings. The molecule has 0 rings (SSSR count). The quantitative estimate of drug-likeness (QED) is 0.361. The molecular weight excluding hydrogens is 258 g/mol. The second kappa shape index (κ2) is 6.81. The predicted octanol–water partition coefficient (Wildman–Crippen LogP) is -1.07. The fraction of sp³-hybridized carbons (Fsp3) is 1.00. The number of hydrogen-bond acceptors (Lipinski definition) is 1. The van der Waals surface area contributed by atoms with Gasteiger partial charge in [0.2, 0.25) is 0 Å². The van der Waals surface area contributed by atoms with Crippen LogP contribution in [0, 0.1) is 0 Å². The van der Waals surface area contributed by atoms with E-state index >= 15 is 0 Å². The van der Waals surface area contributed by atoms with E-state index in [0.29, 0.717) is 0 Å². The zero-order chi connectivity index (χ0) is 7.33. The summed E-state index contributed by atoms with van der Waals surface area (Å²) in [5, 5.41) is 0. The van der Waals surface area contributed by atoms with E-state index < -0.39 is 7.26 Å². The summed E-state index contributed by atoms with van der Waals surface area (Å²) in [6, 6.07) is 0. The molecule has 0 aliphatic heterocycles. The van der Waals surface area contributed by atoms with Crippen molar-refractivity contribution in [2.45, 2.75) is 6.42 Å². The molecule has 0 fully saturated rings. The predicted molar refractivity (Wildman–Crippen MR) is 46.1 cm³/mol. The van der Waals surface area contributed by atoms with Gasteiger partial charge in [0.15, 0.2) is 0 Å². The van der Waals surface area contributed by atoms with Gasteiger partial charge in [0, 0.05) is 47.4 Å². The molecule has 0 radical (unpaired) electrons. The summed E-state index contributed by atoms with van der Waals surface area (Å²) in [4.78, 5) is 0. The van der Waals surface area contributed by atoms with Gasteiger partial charge in [-0.2, -0.15) is 0 Å². The number of hydrogen-bond donors (Lipinski definition) is 0. The molecule has 0 heterocycles. The molecule has 0 amide bonds. The molecule has 0 atom stereocenters. The largest absolute Gasteiger partial charge is 1.00 e. The van der Waals surface area contributed by atoms with Gasteiger partial charge in [0.1, 0.15) is 0 Å². The summed E-state index contributed by atoms with van der Waals surface area (Å²) in [5.74, 6) is 0. The van der Waals surface area contributed by atoms with Crippen molar-refractivity contribution < 1.29 is 28.7 Å². The minimum atomic E-state index is -0.525. The molecule has 3 heteroatoms. The van der Waals surface area contributed by atoms with Crippen LogP contribution in [-0.2, 0) is 4.74 Å². The molecule has 0 aliphatic carbocycles. The van der Waals surface area contributed by atoms with Crippen LogP contribution in [0.25, 0.3) is 0 Å². The van der Waals surface area contributed by atoms with Crippen LogP contribution < -0.4 is 24.0 Å². The van der Waals surface area contributed by atoms with Crippen molar-refractivity contribution in [2.75, 3.05) is 39.9 Å². The van der Waals surface area contributed by atoms with Gasteiger partial charge in [0.05, 0.1) is 6.16 Å². The van der Waals surface area contributed by atoms with Crippen LogP contribution in [0.3, 0.4) is 0 Å². The van der Waals surface area contributed by atoms with Crippen LogP contribution >= 0.6 is 7.26 Å². The first-order valence-corrected chi connectivity index (χ1v) is 6.67. The highest BCUT2D eigenvalue weighted by Gasteiger charge is 2.15. The number of ether oxygens (including phenoxy) is 1. The standard InChI is InChI=1S/C7H18OP.HI/c1-8-6-5-7-9(2,3)4;/h5-7H2,1-4H3;1H/q+1;/p-1. The minimum absolute atomic E-state index is 0. The van der Waals surface area contributed by atoms with E-state index in [9.17, 15) is 0 Å². The first-order chi connectivity index (χ1) is 4.06. The third-order valence-electron chi connectivity index (χ3n) is 1.18. The average molecular weight is 276 g/mol. The highest BCUT2D eigenvalue weighted by Crippen LogP contribution is 2.46. The van der Waals surface area contributed by atoms with Crippen molar-refractivity contribution >= 4 is 7.26 Å². The monoisotopic (exact) mass is 276 g/mol. The summed E-state index contributed by atoms with van der Waals surface area (Å²) in [7, 11) is 1.24. The van der Waals surface area contributed by atoms with Crippen LogP contribution in [0.2, 0.25) is 0 Å². The Kier molecular flexibility index (Phi) is 9.32. The lowest BCUT2D eigenvalue weighted by Gasteiger charge is -2.10. The molecule has 64 valence electrons. The van der Waals surface area contributed by atoms with E-state index in [2.05, 4.69) is 20.0 Å². The summed E-state index contributed by atoms with van der Waals surface area (Å²) in [5.41, 5.74) is 0. The Bertz CT molecular complexity index is 70.5. The fourth-order valence-electron chi connectivity index (χ4n) is 0.683. The van der Waals surface area contributed by atoms with Crippen molar-refractivity contribution in [3.63, 3.8) is 0 Å². The second-order valence-corrected chi connectivity index (χ2v) is 8.39. The van der Waals surface area contributed by atoms with Crippen LogP contribution in [0.4, 0.5) is 0 Å². The van der Waals surface area contributed by atoms with Crippen molar-refractivity contribution in [3.05, 3.63) is 0 Å². The Hall–Kier alpha value is 1.12. The van der Waals surface area contributed by atoms with Crippen LogP contribution in [0.1, 0.15) is 6.42 Å². The molecule has 0 unspecified atom stereocenters. The van der Waals surface area contributed by atoms with Gasteiger partial charge in [-0.15, -0.1) is 0 Å². The highest BCUT2D eigenvalue weighted by atomic mass is 127. The van der Waals surface area contributed by atoms with Gasteiger partial charge in [0.25, 0.3) is 0 Å². The molecule has 0 bridgehead atoms. The highest BCUT2D eigenvalue weighted by molar-refractivity contribution is 7.73. The van der Waals surface area contributed by atoms with E-state index in [1.807, 2.05) is 0 Å². The van der Waals surface area contributed by atoms with E-state index in [-0.39, 0.29) is 24.0 Å². The Morgan fingerprint density at radius 1 is 1.20 bits per heavy atom. The topological polar surface area (TPSA) is 9.23 Å². The molecule has 0 saturated carbocycles. The normalized spacial score (nSPS) is 10.8. The first-order valence-electron chi connectivity index (χ1n) is 3.35. The van der Waals surface area contributed by atoms with Gasteiger partial charge in [-0.25, -0.2) is 0 Å². The Labute approximate surface area is 82.3 Å². The Balaban J connectivity index is 0. The van der Waals surface area contributed by atoms with Gasteiger partial charge in [-0.05, 0) is 0 Å². The first kappa shape index (κ1) is 13.7. The van der Waals surface area contributed by atoms with E-state index in [4.69, 9.17) is 4.74 Å².